The van der Waals surface area contributed by atoms with Crippen molar-refractivity contribution in [3.8, 4) is 0 Å². The second-order valence-electron chi connectivity index (χ2n) is 5.20. The molecule has 1 heterocycles. The molecule has 2 heteroatoms. The van der Waals surface area contributed by atoms with Crippen molar-refractivity contribution >= 4 is 5.78 Å². The number of Topliss-reactive ketones (excluding diaryl/α,β-unsaturated/α-hetero) is 1. The standard InChI is InChI=1S/C10H14O2/c1-9(2)5-4-6-10(3,12-6)7(5)8(9)11/h5-7H,4H2,1-3H3. The highest BCUT2D eigenvalue weighted by atomic mass is 16.6. The molecule has 0 radical (unpaired) electrons. The van der Waals surface area contributed by atoms with Crippen molar-refractivity contribution in [1.29, 1.82) is 0 Å². The van der Waals surface area contributed by atoms with E-state index in [4.69, 9.17) is 4.74 Å². The van der Waals surface area contributed by atoms with Crippen molar-refractivity contribution in [2.45, 2.75) is 38.9 Å². The van der Waals surface area contributed by atoms with E-state index in [-0.39, 0.29) is 16.9 Å². The summed E-state index contributed by atoms with van der Waals surface area (Å²) < 4.78 is 5.52. The highest BCUT2D eigenvalue weighted by Gasteiger charge is 2.77. The molecule has 4 atom stereocenters. The van der Waals surface area contributed by atoms with Gasteiger partial charge in [0.15, 0.2) is 0 Å². The monoisotopic (exact) mass is 166 g/mol. The van der Waals surface area contributed by atoms with Gasteiger partial charge in [0.25, 0.3) is 0 Å². The van der Waals surface area contributed by atoms with Crippen molar-refractivity contribution in [2.75, 3.05) is 0 Å². The Hall–Kier alpha value is -0.370. The summed E-state index contributed by atoms with van der Waals surface area (Å²) in [5, 5.41) is 0. The molecule has 3 rings (SSSR count). The van der Waals surface area contributed by atoms with Crippen LogP contribution >= 0.6 is 0 Å². The van der Waals surface area contributed by atoms with Crippen LogP contribution in [0.3, 0.4) is 0 Å². The summed E-state index contributed by atoms with van der Waals surface area (Å²) in [7, 11) is 0. The molecule has 4 unspecified atom stereocenters. The minimum absolute atomic E-state index is 0.0444. The first kappa shape index (κ1) is 7.07. The van der Waals surface area contributed by atoms with Crippen LogP contribution in [-0.4, -0.2) is 17.5 Å². The number of carbonyl (C=O) groups excluding carboxylic acids is 1. The Balaban J connectivity index is 1.99. The Kier molecular flexibility index (Phi) is 0.885. The number of ketones is 1. The summed E-state index contributed by atoms with van der Waals surface area (Å²) in [6.07, 6.45) is 1.51. The molecule has 3 aliphatic rings. The lowest BCUT2D eigenvalue weighted by Gasteiger charge is -2.48. The van der Waals surface area contributed by atoms with Gasteiger partial charge in [0, 0.05) is 5.41 Å². The van der Waals surface area contributed by atoms with E-state index in [1.165, 1.54) is 0 Å². The van der Waals surface area contributed by atoms with Gasteiger partial charge in [0.1, 0.15) is 11.4 Å². The Morgan fingerprint density at radius 3 is 2.67 bits per heavy atom. The molecular formula is C10H14O2. The van der Waals surface area contributed by atoms with Crippen LogP contribution in [0.4, 0.5) is 0 Å². The van der Waals surface area contributed by atoms with E-state index >= 15 is 0 Å². The first-order chi connectivity index (χ1) is 5.48. The molecule has 0 aromatic carbocycles. The van der Waals surface area contributed by atoms with Gasteiger partial charge in [0.2, 0.25) is 0 Å². The molecule has 1 saturated heterocycles. The Bertz CT molecular complexity index is 282. The fourth-order valence-electron chi connectivity index (χ4n) is 3.24. The van der Waals surface area contributed by atoms with Crippen molar-refractivity contribution in [1.82, 2.24) is 0 Å². The number of carbonyl (C=O) groups is 1. The fraction of sp³-hybridized carbons (Fsp3) is 0.900. The predicted octanol–water partition coefficient (Wildman–Crippen LogP) is 1.39. The molecule has 2 saturated carbocycles. The first-order valence-electron chi connectivity index (χ1n) is 4.70. The number of hydrogen-bond acceptors (Lipinski definition) is 2. The van der Waals surface area contributed by atoms with Gasteiger partial charge >= 0.3 is 0 Å². The van der Waals surface area contributed by atoms with Gasteiger partial charge in [-0.15, -0.1) is 0 Å². The normalized spacial score (nSPS) is 58.9. The highest BCUT2D eigenvalue weighted by molar-refractivity contribution is 5.95. The Morgan fingerprint density at radius 1 is 1.42 bits per heavy atom. The van der Waals surface area contributed by atoms with E-state index in [9.17, 15) is 4.79 Å². The molecule has 2 aliphatic carbocycles. The van der Waals surface area contributed by atoms with E-state index < -0.39 is 0 Å². The van der Waals surface area contributed by atoms with Crippen molar-refractivity contribution in [3.63, 3.8) is 0 Å². The van der Waals surface area contributed by atoms with Gasteiger partial charge in [0.05, 0.1) is 12.0 Å². The average Bonchev–Trinajstić information content (AvgIpc) is 2.55. The van der Waals surface area contributed by atoms with Gasteiger partial charge in [-0.2, -0.15) is 0 Å². The number of fused-ring (bicyclic) bond motifs is 3. The molecule has 66 valence electrons. The van der Waals surface area contributed by atoms with Crippen LogP contribution < -0.4 is 0 Å². The maximum absolute atomic E-state index is 11.7. The highest BCUT2D eigenvalue weighted by Crippen LogP contribution is 2.68. The summed E-state index contributed by atoms with van der Waals surface area (Å²) in [5.41, 5.74) is -0.0955. The van der Waals surface area contributed by atoms with E-state index in [1.54, 1.807) is 0 Å². The lowest BCUT2D eigenvalue weighted by Crippen LogP contribution is -2.56. The summed E-state index contributed by atoms with van der Waals surface area (Å²) in [4.78, 5) is 11.7. The third-order valence-corrected chi connectivity index (χ3v) is 4.31. The molecule has 0 bridgehead atoms. The lowest BCUT2D eigenvalue weighted by molar-refractivity contribution is -0.157. The predicted molar refractivity (Wildman–Crippen MR) is 43.7 cm³/mol. The molecule has 0 aromatic rings. The van der Waals surface area contributed by atoms with Crippen molar-refractivity contribution in [3.05, 3.63) is 0 Å². The molecule has 2 nitrogen and oxygen atoms in total. The second-order valence-corrected chi connectivity index (χ2v) is 5.20. The second kappa shape index (κ2) is 1.50. The molecule has 3 fully saturated rings. The maximum atomic E-state index is 11.7. The van der Waals surface area contributed by atoms with Gasteiger partial charge in [-0.05, 0) is 19.3 Å². The molecule has 1 aliphatic heterocycles. The van der Waals surface area contributed by atoms with Crippen LogP contribution in [0.1, 0.15) is 27.2 Å². The topological polar surface area (TPSA) is 29.6 Å². The maximum Gasteiger partial charge on any atom is 0.145 e. The first-order valence-corrected chi connectivity index (χ1v) is 4.70. The smallest absolute Gasteiger partial charge is 0.145 e. The molecule has 12 heavy (non-hydrogen) atoms. The average molecular weight is 166 g/mol. The van der Waals surface area contributed by atoms with E-state index in [0.717, 1.165) is 6.42 Å². The minimum atomic E-state index is -0.0511. The van der Waals surface area contributed by atoms with E-state index in [1.807, 2.05) is 0 Å². The van der Waals surface area contributed by atoms with Crippen LogP contribution in [0.5, 0.6) is 0 Å². The molecule has 0 spiro atoms. The zero-order valence-corrected chi connectivity index (χ0v) is 7.76. The number of rotatable bonds is 0. The fourth-order valence-corrected chi connectivity index (χ4v) is 3.24. The largest absolute Gasteiger partial charge is 0.366 e. The van der Waals surface area contributed by atoms with Gasteiger partial charge < -0.3 is 4.74 Å². The van der Waals surface area contributed by atoms with Crippen molar-refractivity contribution < 1.29 is 9.53 Å². The van der Waals surface area contributed by atoms with Gasteiger partial charge in [-0.3, -0.25) is 4.79 Å². The van der Waals surface area contributed by atoms with Crippen LogP contribution in [0, 0.1) is 17.3 Å². The molecule has 0 amide bonds. The summed E-state index contributed by atoms with van der Waals surface area (Å²) in [5.74, 6) is 1.27. The molecule has 0 aromatic heterocycles. The van der Waals surface area contributed by atoms with Crippen LogP contribution in [-0.2, 0) is 9.53 Å². The third-order valence-electron chi connectivity index (χ3n) is 4.31. The SMILES string of the molecule is CC1(C)C(=O)C2C1CC1OC12C. The van der Waals surface area contributed by atoms with Crippen LogP contribution in [0.25, 0.3) is 0 Å². The zero-order valence-electron chi connectivity index (χ0n) is 7.76. The number of hydrogen-bond donors (Lipinski definition) is 0. The van der Waals surface area contributed by atoms with Gasteiger partial charge in [-0.25, -0.2) is 0 Å². The van der Waals surface area contributed by atoms with Crippen LogP contribution in [0.2, 0.25) is 0 Å². The Labute approximate surface area is 72.3 Å². The van der Waals surface area contributed by atoms with Crippen molar-refractivity contribution in [2.24, 2.45) is 17.3 Å². The lowest BCUT2D eigenvalue weighted by atomic mass is 9.54. The summed E-state index contributed by atoms with van der Waals surface area (Å²) in [6.45, 7) is 6.24. The quantitative estimate of drug-likeness (QED) is 0.509. The van der Waals surface area contributed by atoms with Gasteiger partial charge in [-0.1, -0.05) is 13.8 Å². The Morgan fingerprint density at radius 2 is 2.08 bits per heavy atom. The molecule has 0 N–H and O–H groups in total. The number of epoxide rings is 1. The zero-order chi connectivity index (χ0) is 8.72. The minimum Gasteiger partial charge on any atom is -0.366 e. The molecular weight excluding hydrogens is 152 g/mol. The van der Waals surface area contributed by atoms with Crippen LogP contribution in [0.15, 0.2) is 0 Å². The third kappa shape index (κ3) is 0.481. The summed E-state index contributed by atoms with van der Waals surface area (Å²) in [6, 6.07) is 0. The van der Waals surface area contributed by atoms with E-state index in [0.29, 0.717) is 17.8 Å². The van der Waals surface area contributed by atoms with E-state index in [2.05, 4.69) is 20.8 Å². The summed E-state index contributed by atoms with van der Waals surface area (Å²) >= 11 is 0. The number of ether oxygens (including phenoxy) is 1.